The molecular formula is C15H22N2O3S. The molecule has 1 heterocycles. The smallest absolute Gasteiger partial charge is 0.166 e. The number of fused-ring (bicyclic) bond motifs is 1. The maximum absolute atomic E-state index is 9.86. The van der Waals surface area contributed by atoms with Gasteiger partial charge in [0.25, 0.3) is 0 Å². The van der Waals surface area contributed by atoms with Gasteiger partial charge in [-0.2, -0.15) is 0 Å². The summed E-state index contributed by atoms with van der Waals surface area (Å²) in [6.07, 6.45) is 1.66. The van der Waals surface area contributed by atoms with Crippen LogP contribution >= 0.6 is 11.8 Å². The van der Waals surface area contributed by atoms with Gasteiger partial charge in [0.2, 0.25) is 0 Å². The minimum atomic E-state index is -0.477. The summed E-state index contributed by atoms with van der Waals surface area (Å²) in [5.41, 5.74) is 1.83. The first-order chi connectivity index (χ1) is 10.2. The molecule has 0 aliphatic carbocycles. The Kier molecular flexibility index (Phi) is 6.35. The molecule has 0 fully saturated rings. The van der Waals surface area contributed by atoms with Crippen LogP contribution < -0.4 is 4.74 Å². The first-order valence-corrected chi connectivity index (χ1v) is 8.14. The van der Waals surface area contributed by atoms with Gasteiger partial charge in [0.15, 0.2) is 5.16 Å². The Labute approximate surface area is 129 Å². The number of thioether (sulfide) groups is 1. The number of rotatable bonds is 9. The highest BCUT2D eigenvalue weighted by molar-refractivity contribution is 7.99. The number of benzene rings is 1. The van der Waals surface area contributed by atoms with Crippen molar-refractivity contribution in [1.29, 1.82) is 0 Å². The molecule has 0 amide bonds. The van der Waals surface area contributed by atoms with E-state index in [1.165, 1.54) is 11.8 Å². The lowest BCUT2D eigenvalue weighted by Gasteiger charge is -2.09. The molecule has 2 rings (SSSR count). The zero-order valence-corrected chi connectivity index (χ0v) is 13.3. The fraction of sp³-hybridized carbons (Fsp3) is 0.533. The average Bonchev–Trinajstić information content (AvgIpc) is 2.91. The summed E-state index contributed by atoms with van der Waals surface area (Å²) < 4.78 is 10.6. The van der Waals surface area contributed by atoms with Gasteiger partial charge in [0, 0.05) is 18.4 Å². The molecule has 0 spiro atoms. The SMILES string of the molecule is CCCCOCC(O)CSc1nc2ccc(OC)cc2[nH]1. The minimum absolute atomic E-state index is 0.376. The van der Waals surface area contributed by atoms with E-state index in [4.69, 9.17) is 9.47 Å². The summed E-state index contributed by atoms with van der Waals surface area (Å²) in [4.78, 5) is 7.69. The van der Waals surface area contributed by atoms with Crippen LogP contribution in [0.15, 0.2) is 23.4 Å². The zero-order chi connectivity index (χ0) is 15.1. The standard InChI is InChI=1S/C15H22N2O3S/c1-3-4-7-20-9-11(18)10-21-15-16-13-6-5-12(19-2)8-14(13)17-15/h5-6,8,11,18H,3-4,7,9-10H2,1-2H3,(H,16,17). The van der Waals surface area contributed by atoms with Gasteiger partial charge in [0.05, 0.1) is 30.9 Å². The second-order valence-electron chi connectivity index (χ2n) is 4.82. The van der Waals surface area contributed by atoms with Gasteiger partial charge in [-0.1, -0.05) is 25.1 Å². The molecule has 1 aromatic carbocycles. The molecule has 21 heavy (non-hydrogen) atoms. The second-order valence-corrected chi connectivity index (χ2v) is 5.83. The van der Waals surface area contributed by atoms with Crippen molar-refractivity contribution in [3.8, 4) is 5.75 Å². The van der Waals surface area contributed by atoms with Crippen molar-refractivity contribution in [2.45, 2.75) is 31.0 Å². The van der Waals surface area contributed by atoms with E-state index in [0.29, 0.717) is 19.0 Å². The monoisotopic (exact) mass is 310 g/mol. The average molecular weight is 310 g/mol. The number of hydrogen-bond donors (Lipinski definition) is 2. The third-order valence-electron chi connectivity index (χ3n) is 3.03. The molecule has 0 aliphatic heterocycles. The van der Waals surface area contributed by atoms with E-state index in [0.717, 1.165) is 34.8 Å². The fourth-order valence-electron chi connectivity index (χ4n) is 1.85. The predicted octanol–water partition coefficient (Wildman–Crippen LogP) is 2.84. The number of hydrogen-bond acceptors (Lipinski definition) is 5. The largest absolute Gasteiger partial charge is 0.497 e. The number of ether oxygens (including phenoxy) is 2. The Hall–Kier alpha value is -1.24. The summed E-state index contributed by atoms with van der Waals surface area (Å²) in [6.45, 7) is 3.20. The van der Waals surface area contributed by atoms with Crippen LogP contribution in [-0.4, -0.2) is 47.3 Å². The number of methoxy groups -OCH3 is 1. The topological polar surface area (TPSA) is 67.4 Å². The first-order valence-electron chi connectivity index (χ1n) is 7.15. The van der Waals surface area contributed by atoms with Crippen molar-refractivity contribution in [3.63, 3.8) is 0 Å². The van der Waals surface area contributed by atoms with Crippen LogP contribution in [0.1, 0.15) is 19.8 Å². The summed E-state index contributed by atoms with van der Waals surface area (Å²) in [6, 6.07) is 5.71. The van der Waals surface area contributed by atoms with Crippen LogP contribution in [0.5, 0.6) is 5.75 Å². The van der Waals surface area contributed by atoms with E-state index in [9.17, 15) is 5.11 Å². The number of aliphatic hydroxyl groups excluding tert-OH is 1. The fourth-order valence-corrected chi connectivity index (χ4v) is 2.64. The van der Waals surface area contributed by atoms with Crippen molar-refractivity contribution in [2.24, 2.45) is 0 Å². The number of nitrogens with one attached hydrogen (secondary N) is 1. The third kappa shape index (κ3) is 4.91. The first kappa shape index (κ1) is 16.1. The Balaban J connectivity index is 1.82. The quantitative estimate of drug-likeness (QED) is 0.550. The molecule has 0 radical (unpaired) electrons. The Morgan fingerprint density at radius 3 is 3.05 bits per heavy atom. The van der Waals surface area contributed by atoms with Crippen molar-refractivity contribution in [2.75, 3.05) is 26.1 Å². The molecule has 0 saturated carbocycles. The van der Waals surface area contributed by atoms with Crippen LogP contribution in [0, 0.1) is 0 Å². The molecule has 2 N–H and O–H groups in total. The molecule has 0 saturated heterocycles. The van der Waals surface area contributed by atoms with Gasteiger partial charge in [-0.15, -0.1) is 0 Å². The molecule has 2 aromatic rings. The lowest BCUT2D eigenvalue weighted by atomic mass is 10.3. The van der Waals surface area contributed by atoms with Crippen molar-refractivity contribution in [3.05, 3.63) is 18.2 Å². The maximum atomic E-state index is 9.86. The summed E-state index contributed by atoms with van der Waals surface area (Å²) >= 11 is 1.49. The van der Waals surface area contributed by atoms with E-state index < -0.39 is 6.10 Å². The molecule has 1 aromatic heterocycles. The number of aromatic amines is 1. The molecule has 116 valence electrons. The van der Waals surface area contributed by atoms with Gasteiger partial charge in [-0.3, -0.25) is 0 Å². The van der Waals surface area contributed by atoms with Crippen molar-refractivity contribution >= 4 is 22.8 Å². The number of H-pyrrole nitrogens is 1. The van der Waals surface area contributed by atoms with Crippen LogP contribution in [0.4, 0.5) is 0 Å². The molecule has 5 nitrogen and oxygen atoms in total. The van der Waals surface area contributed by atoms with Gasteiger partial charge in [-0.05, 0) is 18.6 Å². The number of aromatic nitrogens is 2. The normalized spacial score (nSPS) is 12.7. The van der Waals surface area contributed by atoms with Crippen molar-refractivity contribution < 1.29 is 14.6 Å². The van der Waals surface area contributed by atoms with Gasteiger partial charge >= 0.3 is 0 Å². The number of unbranched alkanes of at least 4 members (excludes halogenated alkanes) is 1. The highest BCUT2D eigenvalue weighted by atomic mass is 32.2. The van der Waals surface area contributed by atoms with Crippen molar-refractivity contribution in [1.82, 2.24) is 9.97 Å². The highest BCUT2D eigenvalue weighted by Crippen LogP contribution is 2.23. The minimum Gasteiger partial charge on any atom is -0.497 e. The molecule has 0 aliphatic rings. The van der Waals surface area contributed by atoms with Gasteiger partial charge in [-0.25, -0.2) is 4.98 Å². The van der Waals surface area contributed by atoms with Crippen LogP contribution in [0.3, 0.4) is 0 Å². The maximum Gasteiger partial charge on any atom is 0.166 e. The molecule has 1 atom stereocenters. The van der Waals surface area contributed by atoms with Gasteiger partial charge < -0.3 is 19.6 Å². The summed E-state index contributed by atoms with van der Waals surface area (Å²) in [5.74, 6) is 1.36. The van der Waals surface area contributed by atoms with Crippen LogP contribution in [0.25, 0.3) is 11.0 Å². The van der Waals surface area contributed by atoms with Crippen LogP contribution in [0.2, 0.25) is 0 Å². The van der Waals surface area contributed by atoms with E-state index in [2.05, 4.69) is 16.9 Å². The Bertz CT molecular complexity index is 559. The third-order valence-corrected chi connectivity index (χ3v) is 4.05. The van der Waals surface area contributed by atoms with Gasteiger partial charge in [0.1, 0.15) is 5.75 Å². The van der Waals surface area contributed by atoms with E-state index in [-0.39, 0.29) is 0 Å². The molecular weight excluding hydrogens is 288 g/mol. The predicted molar refractivity (Wildman–Crippen MR) is 85.1 cm³/mol. The molecule has 6 heteroatoms. The lowest BCUT2D eigenvalue weighted by Crippen LogP contribution is -2.18. The Morgan fingerprint density at radius 2 is 2.29 bits per heavy atom. The van der Waals surface area contributed by atoms with E-state index in [1.807, 2.05) is 18.2 Å². The second kappa shape index (κ2) is 8.26. The highest BCUT2D eigenvalue weighted by Gasteiger charge is 2.09. The number of aliphatic hydroxyl groups is 1. The zero-order valence-electron chi connectivity index (χ0n) is 12.5. The van der Waals surface area contributed by atoms with E-state index >= 15 is 0 Å². The molecule has 0 bridgehead atoms. The van der Waals surface area contributed by atoms with Crippen LogP contribution in [-0.2, 0) is 4.74 Å². The Morgan fingerprint density at radius 1 is 1.43 bits per heavy atom. The summed E-state index contributed by atoms with van der Waals surface area (Å²) in [5, 5.41) is 10.7. The van der Waals surface area contributed by atoms with E-state index in [1.54, 1.807) is 7.11 Å². The molecule has 1 unspecified atom stereocenters. The number of nitrogens with zero attached hydrogens (tertiary/aromatic N) is 1. The summed E-state index contributed by atoms with van der Waals surface area (Å²) in [7, 11) is 1.64. The lowest BCUT2D eigenvalue weighted by molar-refractivity contribution is 0.0473. The number of imidazole rings is 1.